The zero-order valence-corrected chi connectivity index (χ0v) is 40.8. The fourth-order valence-corrected chi connectivity index (χ4v) is 7.78. The van der Waals surface area contributed by atoms with Crippen LogP contribution in [0.25, 0.3) is 10.9 Å². The smallest absolute Gasteiger partial charge is 0.317 e. The third-order valence-electron chi connectivity index (χ3n) is 11.5. The number of aliphatic carboxylic acids is 3. The van der Waals surface area contributed by atoms with Crippen molar-refractivity contribution in [2.75, 3.05) is 164 Å². The Bertz CT molecular complexity index is 2060. The van der Waals surface area contributed by atoms with Crippen molar-refractivity contribution in [2.24, 2.45) is 0 Å². The number of hydrogen-bond acceptors (Lipinski definition) is 18. The molecule has 0 radical (unpaired) electrons. The molecule has 0 spiro atoms. The van der Waals surface area contributed by atoms with Gasteiger partial charge in [0.2, 0.25) is 17.7 Å². The Morgan fingerprint density at radius 2 is 1.15 bits per heavy atom. The fraction of sp³-hybridized carbons (Fsp3) is 0.638. The summed E-state index contributed by atoms with van der Waals surface area (Å²) >= 11 is 0. The number of likely N-dealkylation sites (tertiary alicyclic amines) is 1. The summed E-state index contributed by atoms with van der Waals surface area (Å²) in [5.74, 6) is -3.73. The van der Waals surface area contributed by atoms with Gasteiger partial charge in [0, 0.05) is 90.0 Å². The molecule has 2 aliphatic heterocycles. The van der Waals surface area contributed by atoms with Crippen LogP contribution in [-0.4, -0.2) is 257 Å². The number of carbonyl (C=O) groups is 7. The molecule has 1 atom stereocenters. The SMILES string of the molecule is N#C[C@@H]1CCCN1C(=O)CNC(=O)c1ccnc2ccc(OCCCNC(=O)CCOCCOCCOCCOCCNC(=O)CN3CCN(CC(=O)O)CCN(CC(=O)O)CCN(CC(=O)O)CC3)cc12. The first-order valence-electron chi connectivity index (χ1n) is 24.2. The van der Waals surface area contributed by atoms with E-state index in [1.807, 2.05) is 4.90 Å². The number of nitriles is 1. The second-order valence-corrected chi connectivity index (χ2v) is 17.0. The summed E-state index contributed by atoms with van der Waals surface area (Å²) in [7, 11) is 0. The zero-order valence-electron chi connectivity index (χ0n) is 40.8. The minimum absolute atomic E-state index is 0.00952. The number of fused-ring (bicyclic) bond motifs is 1. The topological polar surface area (TPSA) is 315 Å². The van der Waals surface area contributed by atoms with Gasteiger partial charge in [0.1, 0.15) is 11.8 Å². The molecule has 72 heavy (non-hydrogen) atoms. The highest BCUT2D eigenvalue weighted by Crippen LogP contribution is 2.23. The number of carbonyl (C=O) groups excluding carboxylic acids is 4. The number of nitrogens with one attached hydrogen (secondary N) is 3. The molecule has 2 saturated heterocycles. The van der Waals surface area contributed by atoms with Crippen LogP contribution in [0.3, 0.4) is 0 Å². The summed E-state index contributed by atoms with van der Waals surface area (Å²) in [6.07, 6.45) is 3.62. The predicted molar refractivity (Wildman–Crippen MR) is 257 cm³/mol. The summed E-state index contributed by atoms with van der Waals surface area (Å²) < 4.78 is 28.0. The van der Waals surface area contributed by atoms with Crippen molar-refractivity contribution in [3.05, 3.63) is 36.0 Å². The number of amides is 4. The van der Waals surface area contributed by atoms with Gasteiger partial charge >= 0.3 is 17.9 Å². The van der Waals surface area contributed by atoms with E-state index in [0.29, 0.717) is 121 Å². The van der Waals surface area contributed by atoms with E-state index in [0.717, 1.165) is 6.42 Å². The Kier molecular flexibility index (Phi) is 27.2. The van der Waals surface area contributed by atoms with Crippen LogP contribution in [0.4, 0.5) is 0 Å². The lowest BCUT2D eigenvalue weighted by Crippen LogP contribution is -2.50. The van der Waals surface area contributed by atoms with Crippen molar-refractivity contribution in [3.63, 3.8) is 0 Å². The molecular formula is C47H70N10O15. The molecule has 0 aliphatic carbocycles. The van der Waals surface area contributed by atoms with Crippen LogP contribution < -0.4 is 20.7 Å². The third kappa shape index (κ3) is 23.4. The van der Waals surface area contributed by atoms with Crippen LogP contribution in [0, 0.1) is 11.3 Å². The van der Waals surface area contributed by atoms with E-state index in [9.17, 15) is 54.1 Å². The van der Waals surface area contributed by atoms with Gasteiger partial charge in [-0.1, -0.05) is 0 Å². The van der Waals surface area contributed by atoms with E-state index in [1.165, 1.54) is 11.1 Å². The average Bonchev–Trinajstić information content (AvgIpc) is 3.84. The first kappa shape index (κ1) is 58.5. The number of benzene rings is 1. The number of ether oxygens (including phenoxy) is 5. The van der Waals surface area contributed by atoms with Crippen molar-refractivity contribution in [2.45, 2.75) is 31.7 Å². The predicted octanol–water partition coefficient (Wildman–Crippen LogP) is -1.59. The van der Waals surface area contributed by atoms with E-state index in [1.54, 1.807) is 39.0 Å². The molecule has 398 valence electrons. The molecule has 3 heterocycles. The lowest BCUT2D eigenvalue weighted by Gasteiger charge is -2.32. The van der Waals surface area contributed by atoms with Crippen LogP contribution >= 0.6 is 0 Å². The lowest BCUT2D eigenvalue weighted by molar-refractivity contribution is -0.140. The minimum Gasteiger partial charge on any atom is -0.494 e. The van der Waals surface area contributed by atoms with Crippen LogP contribution in [-0.2, 0) is 47.7 Å². The zero-order chi connectivity index (χ0) is 51.9. The highest BCUT2D eigenvalue weighted by atomic mass is 16.6. The highest BCUT2D eigenvalue weighted by Gasteiger charge is 2.29. The molecule has 4 rings (SSSR count). The number of hydrogen-bond donors (Lipinski definition) is 6. The molecule has 25 heteroatoms. The molecule has 1 aromatic carbocycles. The summed E-state index contributed by atoms with van der Waals surface area (Å²) in [6.45, 7) is 5.33. The Balaban J connectivity index is 0.977. The van der Waals surface area contributed by atoms with Crippen molar-refractivity contribution in [1.82, 2.24) is 45.4 Å². The quantitative estimate of drug-likeness (QED) is 0.0464. The van der Waals surface area contributed by atoms with E-state index in [-0.39, 0.29) is 103 Å². The van der Waals surface area contributed by atoms with Gasteiger partial charge in [0.15, 0.2) is 0 Å². The molecular weight excluding hydrogens is 945 g/mol. The molecule has 6 N–H and O–H groups in total. The van der Waals surface area contributed by atoms with Crippen LogP contribution in [0.15, 0.2) is 30.5 Å². The maximum Gasteiger partial charge on any atom is 0.317 e. The Hall–Kier alpha value is -6.11. The van der Waals surface area contributed by atoms with Crippen molar-refractivity contribution in [1.29, 1.82) is 5.26 Å². The molecule has 2 aliphatic rings. The minimum atomic E-state index is -1.03. The lowest BCUT2D eigenvalue weighted by atomic mass is 10.1. The second-order valence-electron chi connectivity index (χ2n) is 17.0. The van der Waals surface area contributed by atoms with Gasteiger partial charge in [0.25, 0.3) is 5.91 Å². The Morgan fingerprint density at radius 3 is 1.71 bits per heavy atom. The van der Waals surface area contributed by atoms with Crippen molar-refractivity contribution >= 4 is 52.4 Å². The molecule has 25 nitrogen and oxygen atoms in total. The number of carboxylic acids is 3. The third-order valence-corrected chi connectivity index (χ3v) is 11.5. The Morgan fingerprint density at radius 1 is 0.625 bits per heavy atom. The molecule has 0 bridgehead atoms. The van der Waals surface area contributed by atoms with Gasteiger partial charge in [0.05, 0.1) is 109 Å². The number of aromatic nitrogens is 1. The fourth-order valence-electron chi connectivity index (χ4n) is 7.78. The van der Waals surface area contributed by atoms with E-state index in [4.69, 9.17) is 23.7 Å². The van der Waals surface area contributed by atoms with Crippen LogP contribution in [0.5, 0.6) is 5.75 Å². The van der Waals surface area contributed by atoms with E-state index >= 15 is 0 Å². The molecule has 2 fully saturated rings. The van der Waals surface area contributed by atoms with Gasteiger partial charge in [-0.05, 0) is 43.5 Å². The summed E-state index contributed by atoms with van der Waals surface area (Å²) in [5, 5.41) is 46.3. The van der Waals surface area contributed by atoms with Gasteiger partial charge in [-0.2, -0.15) is 5.26 Å². The van der Waals surface area contributed by atoms with Gasteiger partial charge in [-0.15, -0.1) is 0 Å². The van der Waals surface area contributed by atoms with Gasteiger partial charge < -0.3 is 59.9 Å². The molecule has 4 amide bonds. The summed E-state index contributed by atoms with van der Waals surface area (Å²) in [4.78, 5) is 97.8. The van der Waals surface area contributed by atoms with E-state index < -0.39 is 29.9 Å². The number of pyridine rings is 1. The molecule has 0 unspecified atom stereocenters. The largest absolute Gasteiger partial charge is 0.494 e. The first-order valence-corrected chi connectivity index (χ1v) is 24.2. The van der Waals surface area contributed by atoms with Gasteiger partial charge in [-0.3, -0.25) is 58.1 Å². The maximum atomic E-state index is 13.0. The number of nitrogens with zero attached hydrogens (tertiary/aromatic N) is 7. The monoisotopic (exact) mass is 1010 g/mol. The van der Waals surface area contributed by atoms with Crippen molar-refractivity contribution < 1.29 is 72.6 Å². The standard InChI is InChI=1S/C47H70N10O15/c48-30-36-3-1-11-57(36)43(60)31-52-47(67)38-6-9-49-40-5-4-37(29-39(38)40)72-20-2-8-50-41(58)7-21-68-23-25-70-27-28-71-26-24-69-22-10-51-42(59)32-53-12-14-54(33-44(61)62)16-18-56(35-46(65)66)19-17-55(15-13-53)34-45(63)64/h4-6,9,29,36H,1-3,7-8,10-28,31-35H2,(H,50,58)(H,51,59)(H,52,67)(H,61,62)(H,63,64)(H,65,66)/t36-/m0/s1. The Labute approximate surface area is 418 Å². The second kappa shape index (κ2) is 33.5. The molecule has 1 aromatic heterocycles. The highest BCUT2D eigenvalue weighted by molar-refractivity contribution is 6.07. The normalized spacial score (nSPS) is 16.5. The molecule has 2 aromatic rings. The average molecular weight is 1020 g/mol. The van der Waals surface area contributed by atoms with Crippen LogP contribution in [0.2, 0.25) is 0 Å². The summed E-state index contributed by atoms with van der Waals surface area (Å²) in [5.41, 5.74) is 0.923. The van der Waals surface area contributed by atoms with E-state index in [2.05, 4.69) is 27.0 Å². The van der Waals surface area contributed by atoms with Crippen LogP contribution in [0.1, 0.15) is 36.0 Å². The maximum absolute atomic E-state index is 13.0. The van der Waals surface area contributed by atoms with Gasteiger partial charge in [-0.25, -0.2) is 0 Å². The van der Waals surface area contributed by atoms with Crippen molar-refractivity contribution in [3.8, 4) is 11.8 Å². The summed E-state index contributed by atoms with van der Waals surface area (Å²) in [6, 6.07) is 8.43. The number of rotatable bonds is 31. The molecule has 0 saturated carbocycles. The number of carboxylic acid groups (broad SMARTS) is 3. The first-order chi connectivity index (χ1) is 34.8.